The van der Waals surface area contributed by atoms with E-state index in [-0.39, 0.29) is 23.6 Å². The Morgan fingerprint density at radius 3 is 2.45 bits per heavy atom. The number of halogens is 2. The van der Waals surface area contributed by atoms with E-state index in [0.717, 1.165) is 22.9 Å². The molecule has 0 aliphatic rings. The maximum absolute atomic E-state index is 13.4. The van der Waals surface area contributed by atoms with Gasteiger partial charge in [-0.05, 0) is 37.3 Å². The zero-order valence-electron chi connectivity index (χ0n) is 15.2. The molecule has 9 heteroatoms. The van der Waals surface area contributed by atoms with Gasteiger partial charge in [0, 0.05) is 11.6 Å². The summed E-state index contributed by atoms with van der Waals surface area (Å²) < 4.78 is 32.4. The van der Waals surface area contributed by atoms with Gasteiger partial charge in [0.25, 0.3) is 11.5 Å². The molecule has 29 heavy (non-hydrogen) atoms. The maximum atomic E-state index is 13.4. The average Bonchev–Trinajstić information content (AvgIpc) is 2.71. The maximum Gasteiger partial charge on any atom is 0.360 e. The molecule has 0 spiro atoms. The third-order valence-electron chi connectivity index (χ3n) is 3.83. The third-order valence-corrected chi connectivity index (χ3v) is 3.83. The molecule has 0 saturated carbocycles. The summed E-state index contributed by atoms with van der Waals surface area (Å²) in [7, 11) is 0. The summed E-state index contributed by atoms with van der Waals surface area (Å²) in [6.07, 6.45) is 0. The van der Waals surface area contributed by atoms with E-state index in [1.54, 1.807) is 37.3 Å². The second kappa shape index (κ2) is 8.42. The van der Waals surface area contributed by atoms with Gasteiger partial charge in [-0.2, -0.15) is 9.78 Å². The van der Waals surface area contributed by atoms with Crippen molar-refractivity contribution in [2.24, 2.45) is 0 Å². The van der Waals surface area contributed by atoms with Crippen LogP contribution in [0.3, 0.4) is 0 Å². The molecule has 0 aliphatic carbocycles. The van der Waals surface area contributed by atoms with Crippen LogP contribution in [0.1, 0.15) is 27.8 Å². The molecule has 1 N–H and O–H groups in total. The number of hydrogen-bond donors (Lipinski definition) is 1. The van der Waals surface area contributed by atoms with Gasteiger partial charge in [-0.25, -0.2) is 13.6 Å². The van der Waals surface area contributed by atoms with Gasteiger partial charge in [-0.1, -0.05) is 18.2 Å². The van der Waals surface area contributed by atoms with Gasteiger partial charge in [0.15, 0.2) is 17.3 Å². The van der Waals surface area contributed by atoms with Crippen molar-refractivity contribution in [1.29, 1.82) is 0 Å². The monoisotopic (exact) mass is 399 g/mol. The number of rotatable bonds is 5. The lowest BCUT2D eigenvalue weighted by Crippen LogP contribution is -2.27. The van der Waals surface area contributed by atoms with Gasteiger partial charge in [0.1, 0.15) is 0 Å². The summed E-state index contributed by atoms with van der Waals surface area (Å²) in [5.74, 6) is -4.03. The van der Waals surface area contributed by atoms with E-state index in [0.29, 0.717) is 11.8 Å². The van der Waals surface area contributed by atoms with Crippen molar-refractivity contribution in [2.75, 3.05) is 11.9 Å². The minimum absolute atomic E-state index is 0.0432. The van der Waals surface area contributed by atoms with Crippen molar-refractivity contribution < 1.29 is 23.1 Å². The largest absolute Gasteiger partial charge is 0.461 e. The van der Waals surface area contributed by atoms with Crippen molar-refractivity contribution in [3.05, 3.63) is 87.8 Å². The first kappa shape index (κ1) is 19.9. The summed E-state index contributed by atoms with van der Waals surface area (Å²) in [5.41, 5.74) is -0.945. The highest BCUT2D eigenvalue weighted by molar-refractivity contribution is 6.07. The molecule has 2 aromatic carbocycles. The van der Waals surface area contributed by atoms with E-state index < -0.39 is 29.1 Å². The zero-order chi connectivity index (χ0) is 21.0. The molecule has 0 fully saturated rings. The SMILES string of the molecule is CCOC(=O)c1nn(-c2ccccc2)c(=O)cc1NC(=O)c1ccc(F)c(F)c1. The first-order valence-electron chi connectivity index (χ1n) is 8.54. The summed E-state index contributed by atoms with van der Waals surface area (Å²) in [6.45, 7) is 1.63. The number of nitrogens with one attached hydrogen (secondary N) is 1. The highest BCUT2D eigenvalue weighted by Gasteiger charge is 2.21. The van der Waals surface area contributed by atoms with Crippen LogP contribution < -0.4 is 10.9 Å². The van der Waals surface area contributed by atoms with Gasteiger partial charge < -0.3 is 10.1 Å². The molecule has 0 aliphatic heterocycles. The molecule has 3 aromatic rings. The van der Waals surface area contributed by atoms with E-state index >= 15 is 0 Å². The minimum Gasteiger partial charge on any atom is -0.461 e. The number of nitrogens with zero attached hydrogens (tertiary/aromatic N) is 2. The fraction of sp³-hybridized carbons (Fsp3) is 0.100. The van der Waals surface area contributed by atoms with E-state index in [4.69, 9.17) is 4.74 Å². The Labute approximate surface area is 163 Å². The lowest BCUT2D eigenvalue weighted by atomic mass is 10.2. The number of hydrogen-bond acceptors (Lipinski definition) is 5. The number of ether oxygens (including phenoxy) is 1. The van der Waals surface area contributed by atoms with Crippen LogP contribution in [-0.4, -0.2) is 28.3 Å². The predicted octanol–water partition coefficient (Wildman–Crippen LogP) is 2.94. The van der Waals surface area contributed by atoms with Crippen LogP contribution >= 0.6 is 0 Å². The molecular formula is C20H15F2N3O4. The fourth-order valence-electron chi connectivity index (χ4n) is 2.49. The molecule has 7 nitrogen and oxygen atoms in total. The van der Waals surface area contributed by atoms with Gasteiger partial charge in [0.05, 0.1) is 18.0 Å². The average molecular weight is 399 g/mol. The van der Waals surface area contributed by atoms with Crippen molar-refractivity contribution in [3.63, 3.8) is 0 Å². The van der Waals surface area contributed by atoms with Gasteiger partial charge in [-0.15, -0.1) is 0 Å². The smallest absolute Gasteiger partial charge is 0.360 e. The van der Waals surface area contributed by atoms with Crippen molar-refractivity contribution in [3.8, 4) is 5.69 Å². The number of anilines is 1. The Bertz CT molecular complexity index is 1130. The number of carbonyl (C=O) groups is 2. The van der Waals surface area contributed by atoms with Crippen LogP contribution in [0.15, 0.2) is 59.4 Å². The number of para-hydroxylation sites is 1. The van der Waals surface area contributed by atoms with Crippen LogP contribution in [0.2, 0.25) is 0 Å². The van der Waals surface area contributed by atoms with E-state index in [2.05, 4.69) is 10.4 Å². The first-order valence-corrected chi connectivity index (χ1v) is 8.54. The molecule has 0 saturated heterocycles. The molecule has 148 valence electrons. The molecule has 0 bridgehead atoms. The Hall–Kier alpha value is -3.88. The fourth-order valence-corrected chi connectivity index (χ4v) is 2.49. The molecule has 0 radical (unpaired) electrons. The molecular weight excluding hydrogens is 384 g/mol. The molecule has 0 atom stereocenters. The van der Waals surface area contributed by atoms with Crippen molar-refractivity contribution >= 4 is 17.6 Å². The van der Waals surface area contributed by atoms with Crippen LogP contribution in [0.25, 0.3) is 5.69 Å². The predicted molar refractivity (Wildman–Crippen MR) is 100 cm³/mol. The number of carbonyl (C=O) groups excluding carboxylic acids is 2. The number of aromatic nitrogens is 2. The summed E-state index contributed by atoms with van der Waals surface area (Å²) in [5, 5.41) is 6.35. The van der Waals surface area contributed by atoms with Crippen LogP contribution in [-0.2, 0) is 4.74 Å². The second-order valence-electron chi connectivity index (χ2n) is 5.80. The number of amides is 1. The molecule has 1 heterocycles. The Morgan fingerprint density at radius 2 is 1.79 bits per heavy atom. The van der Waals surface area contributed by atoms with Crippen LogP contribution in [0.4, 0.5) is 14.5 Å². The molecule has 1 aromatic heterocycles. The van der Waals surface area contributed by atoms with Crippen molar-refractivity contribution in [2.45, 2.75) is 6.92 Å². The Balaban J connectivity index is 2.04. The topological polar surface area (TPSA) is 90.3 Å². The van der Waals surface area contributed by atoms with E-state index in [1.807, 2.05) is 0 Å². The summed E-state index contributed by atoms with van der Waals surface area (Å²) >= 11 is 0. The minimum atomic E-state index is -1.21. The standard InChI is InChI=1S/C20H15F2N3O4/c1-2-29-20(28)18-16(23-19(27)12-8-9-14(21)15(22)10-12)11-17(26)25(24-18)13-6-4-3-5-7-13/h3-11H,2H2,1H3,(H,23,27). The lowest BCUT2D eigenvalue weighted by Gasteiger charge is -2.12. The normalized spacial score (nSPS) is 10.4. The van der Waals surface area contributed by atoms with E-state index in [1.165, 1.54) is 0 Å². The molecule has 0 unspecified atom stereocenters. The number of benzene rings is 2. The zero-order valence-corrected chi connectivity index (χ0v) is 15.2. The van der Waals surface area contributed by atoms with Gasteiger partial charge >= 0.3 is 5.97 Å². The number of esters is 1. The Kier molecular flexibility index (Phi) is 5.77. The van der Waals surface area contributed by atoms with E-state index in [9.17, 15) is 23.2 Å². The van der Waals surface area contributed by atoms with Crippen LogP contribution in [0.5, 0.6) is 0 Å². The lowest BCUT2D eigenvalue weighted by molar-refractivity contribution is 0.0518. The van der Waals surface area contributed by atoms with Gasteiger partial charge in [0.2, 0.25) is 0 Å². The molecule has 3 rings (SSSR count). The summed E-state index contributed by atoms with van der Waals surface area (Å²) in [4.78, 5) is 37.2. The summed E-state index contributed by atoms with van der Waals surface area (Å²) in [6, 6.07) is 11.9. The first-order chi connectivity index (χ1) is 13.9. The Morgan fingerprint density at radius 1 is 1.07 bits per heavy atom. The van der Waals surface area contributed by atoms with Crippen molar-refractivity contribution in [1.82, 2.24) is 9.78 Å². The van der Waals surface area contributed by atoms with Crippen LogP contribution in [0, 0.1) is 11.6 Å². The molecule has 1 amide bonds. The second-order valence-corrected chi connectivity index (χ2v) is 5.80. The van der Waals surface area contributed by atoms with Gasteiger partial charge in [-0.3, -0.25) is 9.59 Å². The highest BCUT2D eigenvalue weighted by atomic mass is 19.2. The quantitative estimate of drug-likeness (QED) is 0.667. The third kappa shape index (κ3) is 4.34. The highest BCUT2D eigenvalue weighted by Crippen LogP contribution is 2.16.